The molecule has 0 aromatic carbocycles. The lowest BCUT2D eigenvalue weighted by molar-refractivity contribution is -0.141. The number of amides is 2. The Morgan fingerprint density at radius 2 is 2.10 bits per heavy atom. The molecule has 1 fully saturated rings. The predicted molar refractivity (Wildman–Crippen MR) is 82.1 cm³/mol. The van der Waals surface area contributed by atoms with Crippen LogP contribution in [-0.4, -0.2) is 41.2 Å². The molecule has 0 radical (unpaired) electrons. The van der Waals surface area contributed by atoms with Gasteiger partial charge in [-0.15, -0.1) is 0 Å². The van der Waals surface area contributed by atoms with Crippen molar-refractivity contribution in [1.82, 2.24) is 10.6 Å². The highest BCUT2D eigenvalue weighted by Gasteiger charge is 2.17. The first kappa shape index (κ1) is 17.1. The van der Waals surface area contributed by atoms with Crippen LogP contribution in [0.1, 0.15) is 39.5 Å². The van der Waals surface area contributed by atoms with Crippen LogP contribution in [-0.2, 0) is 4.79 Å². The summed E-state index contributed by atoms with van der Waals surface area (Å²) in [6.07, 6.45) is 3.47. The highest BCUT2D eigenvalue weighted by molar-refractivity contribution is 7.99. The Labute approximate surface area is 125 Å². The smallest absolute Gasteiger partial charge is 0.315 e. The van der Waals surface area contributed by atoms with Crippen molar-refractivity contribution in [2.24, 2.45) is 11.8 Å². The molecule has 0 spiro atoms. The molecule has 1 heterocycles. The quantitative estimate of drug-likeness (QED) is 0.643. The lowest BCUT2D eigenvalue weighted by Gasteiger charge is -2.16. The van der Waals surface area contributed by atoms with Crippen LogP contribution in [0.25, 0.3) is 0 Å². The average Bonchev–Trinajstić information content (AvgIpc) is 2.89. The molecular weight excluding hydrogens is 276 g/mol. The summed E-state index contributed by atoms with van der Waals surface area (Å²) >= 11 is 1.94. The highest BCUT2D eigenvalue weighted by atomic mass is 32.2. The zero-order valence-corrected chi connectivity index (χ0v) is 13.2. The topological polar surface area (TPSA) is 78.4 Å². The van der Waals surface area contributed by atoms with Gasteiger partial charge in [0.1, 0.15) is 0 Å². The third kappa shape index (κ3) is 7.03. The summed E-state index contributed by atoms with van der Waals surface area (Å²) < 4.78 is 0. The van der Waals surface area contributed by atoms with Gasteiger partial charge in [-0.1, -0.05) is 13.3 Å². The third-order valence-corrected chi connectivity index (χ3v) is 4.88. The predicted octanol–water partition coefficient (Wildman–Crippen LogP) is 2.32. The van der Waals surface area contributed by atoms with Gasteiger partial charge < -0.3 is 15.7 Å². The van der Waals surface area contributed by atoms with E-state index >= 15 is 0 Å². The van der Waals surface area contributed by atoms with Gasteiger partial charge in [-0.2, -0.15) is 11.8 Å². The van der Waals surface area contributed by atoms with Crippen molar-refractivity contribution >= 4 is 23.8 Å². The van der Waals surface area contributed by atoms with Crippen LogP contribution in [0.3, 0.4) is 0 Å². The first-order valence-corrected chi connectivity index (χ1v) is 8.49. The van der Waals surface area contributed by atoms with Crippen molar-refractivity contribution in [2.75, 3.05) is 18.1 Å². The van der Waals surface area contributed by atoms with Crippen molar-refractivity contribution in [2.45, 2.75) is 45.6 Å². The molecule has 0 aliphatic carbocycles. The molecule has 0 aromatic heterocycles. The van der Waals surface area contributed by atoms with Gasteiger partial charge in [-0.05, 0) is 43.6 Å². The molecule has 2 amide bonds. The number of carboxylic acids is 1. The first-order chi connectivity index (χ1) is 9.49. The van der Waals surface area contributed by atoms with Crippen LogP contribution < -0.4 is 10.6 Å². The SMILES string of the molecule is CC(CCCC(C)C(=O)O)NC(=O)NCC1CCSC1. The summed E-state index contributed by atoms with van der Waals surface area (Å²) in [5, 5.41) is 14.6. The largest absolute Gasteiger partial charge is 0.481 e. The van der Waals surface area contributed by atoms with Crippen LogP contribution >= 0.6 is 11.8 Å². The van der Waals surface area contributed by atoms with E-state index in [-0.39, 0.29) is 18.0 Å². The lowest BCUT2D eigenvalue weighted by atomic mass is 10.0. The fourth-order valence-corrected chi connectivity index (χ4v) is 3.47. The Bertz CT molecular complexity index is 320. The molecule has 1 rings (SSSR count). The summed E-state index contributed by atoms with van der Waals surface area (Å²) in [6.45, 7) is 4.42. The van der Waals surface area contributed by atoms with E-state index in [9.17, 15) is 9.59 Å². The van der Waals surface area contributed by atoms with Gasteiger partial charge in [0.15, 0.2) is 0 Å². The van der Waals surface area contributed by atoms with Gasteiger partial charge in [0, 0.05) is 12.6 Å². The minimum absolute atomic E-state index is 0.0777. The number of aliphatic carboxylic acids is 1. The maximum atomic E-state index is 11.7. The first-order valence-electron chi connectivity index (χ1n) is 7.34. The molecule has 3 unspecified atom stereocenters. The van der Waals surface area contributed by atoms with E-state index in [0.717, 1.165) is 25.1 Å². The van der Waals surface area contributed by atoms with Gasteiger partial charge in [-0.25, -0.2) is 4.79 Å². The molecule has 6 heteroatoms. The number of urea groups is 1. The Kier molecular flexibility index (Phi) is 7.80. The van der Waals surface area contributed by atoms with Gasteiger partial charge in [0.05, 0.1) is 5.92 Å². The van der Waals surface area contributed by atoms with Crippen molar-refractivity contribution in [3.8, 4) is 0 Å². The monoisotopic (exact) mass is 302 g/mol. The van der Waals surface area contributed by atoms with E-state index < -0.39 is 5.97 Å². The van der Waals surface area contributed by atoms with Crippen LogP contribution in [0.2, 0.25) is 0 Å². The van der Waals surface area contributed by atoms with Gasteiger partial charge in [-0.3, -0.25) is 4.79 Å². The number of rotatable bonds is 8. The Morgan fingerprint density at radius 3 is 2.70 bits per heavy atom. The molecular formula is C14H26N2O3S. The summed E-state index contributed by atoms with van der Waals surface area (Å²) in [5.74, 6) is 1.89. The Morgan fingerprint density at radius 1 is 1.35 bits per heavy atom. The molecule has 1 aliphatic rings. The molecule has 0 saturated carbocycles. The summed E-state index contributed by atoms with van der Waals surface area (Å²) in [4.78, 5) is 22.4. The van der Waals surface area contributed by atoms with Gasteiger partial charge >= 0.3 is 12.0 Å². The maximum Gasteiger partial charge on any atom is 0.315 e. The lowest BCUT2D eigenvalue weighted by Crippen LogP contribution is -2.42. The van der Waals surface area contributed by atoms with Gasteiger partial charge in [0.25, 0.3) is 0 Å². The number of carboxylic acid groups (broad SMARTS) is 1. The van der Waals surface area contributed by atoms with E-state index in [4.69, 9.17) is 5.11 Å². The molecule has 20 heavy (non-hydrogen) atoms. The zero-order chi connectivity index (χ0) is 15.0. The van der Waals surface area contributed by atoms with Crippen LogP contribution in [0.5, 0.6) is 0 Å². The van der Waals surface area contributed by atoms with Crippen LogP contribution in [0.15, 0.2) is 0 Å². The number of carbonyl (C=O) groups excluding carboxylic acids is 1. The van der Waals surface area contributed by atoms with E-state index in [1.165, 1.54) is 12.2 Å². The average molecular weight is 302 g/mol. The molecule has 0 aromatic rings. The minimum Gasteiger partial charge on any atom is -0.481 e. The molecule has 3 atom stereocenters. The molecule has 1 saturated heterocycles. The second-order valence-corrected chi connectivity index (χ2v) is 6.81. The number of hydrogen-bond donors (Lipinski definition) is 3. The van der Waals surface area contributed by atoms with Crippen molar-refractivity contribution in [3.05, 3.63) is 0 Å². The van der Waals surface area contributed by atoms with Crippen molar-refractivity contribution < 1.29 is 14.7 Å². The fourth-order valence-electron chi connectivity index (χ4n) is 2.18. The van der Waals surface area contributed by atoms with E-state index in [2.05, 4.69) is 10.6 Å². The fraction of sp³-hybridized carbons (Fsp3) is 0.857. The molecule has 5 nitrogen and oxygen atoms in total. The Hall–Kier alpha value is -0.910. The van der Waals surface area contributed by atoms with Crippen LogP contribution in [0, 0.1) is 11.8 Å². The van der Waals surface area contributed by atoms with E-state index in [1.807, 2.05) is 18.7 Å². The normalized spacial score (nSPS) is 21.2. The molecule has 1 aliphatic heterocycles. The van der Waals surface area contributed by atoms with Gasteiger partial charge in [0.2, 0.25) is 0 Å². The van der Waals surface area contributed by atoms with Crippen LogP contribution in [0.4, 0.5) is 4.79 Å². The number of hydrogen-bond acceptors (Lipinski definition) is 3. The molecule has 116 valence electrons. The molecule has 3 N–H and O–H groups in total. The second kappa shape index (κ2) is 9.10. The number of nitrogens with one attached hydrogen (secondary N) is 2. The number of thioether (sulfide) groups is 1. The maximum absolute atomic E-state index is 11.7. The van der Waals surface area contributed by atoms with E-state index in [0.29, 0.717) is 12.3 Å². The minimum atomic E-state index is -0.752. The summed E-state index contributed by atoms with van der Waals surface area (Å²) in [6, 6.07) is -0.0327. The standard InChI is InChI=1S/C14H26N2O3S/c1-10(13(17)18)4-3-5-11(2)16-14(19)15-8-12-6-7-20-9-12/h10-12H,3-9H2,1-2H3,(H,17,18)(H2,15,16,19). The second-order valence-electron chi connectivity index (χ2n) is 5.66. The summed E-state index contributed by atoms with van der Waals surface area (Å²) in [7, 11) is 0. The van der Waals surface area contributed by atoms with Crippen molar-refractivity contribution in [1.29, 1.82) is 0 Å². The zero-order valence-electron chi connectivity index (χ0n) is 12.4. The van der Waals surface area contributed by atoms with E-state index in [1.54, 1.807) is 6.92 Å². The summed E-state index contributed by atoms with van der Waals surface area (Å²) in [5.41, 5.74) is 0. The number of carbonyl (C=O) groups is 2. The van der Waals surface area contributed by atoms with Crippen molar-refractivity contribution in [3.63, 3.8) is 0 Å². The Balaban J connectivity index is 2.06. The molecule has 0 bridgehead atoms. The third-order valence-electron chi connectivity index (χ3n) is 3.65. The highest BCUT2D eigenvalue weighted by Crippen LogP contribution is 2.22.